The first kappa shape index (κ1) is 20.7. The molecule has 2 aromatic carbocycles. The third-order valence-electron chi connectivity index (χ3n) is 5.22. The predicted octanol–water partition coefficient (Wildman–Crippen LogP) is 5.08. The molecule has 0 bridgehead atoms. The highest BCUT2D eigenvalue weighted by Crippen LogP contribution is 2.29. The third-order valence-corrected chi connectivity index (χ3v) is 7.40. The number of likely N-dealkylation sites (tertiary alicyclic amines) is 1. The minimum atomic E-state index is -0.0456. The standard InChI is InChI=1S/C24H24N2O2S2/c27-23(18-7-2-1-3-8-18)25-19-12-14-26(15-13-19)24(28)21-10-4-5-11-22(21)30-17-20-9-6-16-29-20/h1-11,16,19H,12-15,17H2,(H,25,27). The van der Waals surface area contributed by atoms with Crippen molar-refractivity contribution in [3.8, 4) is 0 Å². The number of carbonyl (C=O) groups is 2. The second kappa shape index (κ2) is 9.96. The summed E-state index contributed by atoms with van der Waals surface area (Å²) in [6, 6.07) is 21.4. The van der Waals surface area contributed by atoms with Gasteiger partial charge in [0, 0.05) is 40.2 Å². The van der Waals surface area contributed by atoms with Crippen LogP contribution in [0.5, 0.6) is 0 Å². The van der Waals surface area contributed by atoms with Gasteiger partial charge in [-0.1, -0.05) is 36.4 Å². The molecule has 0 saturated carbocycles. The van der Waals surface area contributed by atoms with Gasteiger partial charge in [0.25, 0.3) is 11.8 Å². The Balaban J connectivity index is 1.34. The smallest absolute Gasteiger partial charge is 0.254 e. The number of thiophene rings is 1. The summed E-state index contributed by atoms with van der Waals surface area (Å²) < 4.78 is 0. The number of benzene rings is 2. The Labute approximate surface area is 185 Å². The van der Waals surface area contributed by atoms with Crippen molar-refractivity contribution < 1.29 is 9.59 Å². The fourth-order valence-corrected chi connectivity index (χ4v) is 5.39. The maximum atomic E-state index is 13.2. The average molecular weight is 437 g/mol. The SMILES string of the molecule is O=C(NC1CCN(C(=O)c2ccccc2SCc2cccs2)CC1)c1ccccc1. The van der Waals surface area contributed by atoms with Crippen LogP contribution in [0.4, 0.5) is 0 Å². The van der Waals surface area contributed by atoms with Crippen LogP contribution in [0.15, 0.2) is 77.0 Å². The molecule has 3 aromatic rings. The molecule has 0 atom stereocenters. The number of hydrogen-bond acceptors (Lipinski definition) is 4. The molecule has 1 N–H and O–H groups in total. The van der Waals surface area contributed by atoms with Crippen LogP contribution in [-0.4, -0.2) is 35.8 Å². The Morgan fingerprint density at radius 3 is 2.43 bits per heavy atom. The van der Waals surface area contributed by atoms with E-state index in [0.717, 1.165) is 29.1 Å². The molecule has 4 nitrogen and oxygen atoms in total. The third kappa shape index (κ3) is 5.12. The summed E-state index contributed by atoms with van der Waals surface area (Å²) in [6.45, 7) is 1.31. The molecular weight excluding hydrogens is 412 g/mol. The van der Waals surface area contributed by atoms with Crippen molar-refractivity contribution in [1.82, 2.24) is 10.2 Å². The van der Waals surface area contributed by atoms with Crippen LogP contribution in [-0.2, 0) is 5.75 Å². The van der Waals surface area contributed by atoms with E-state index in [4.69, 9.17) is 0 Å². The monoisotopic (exact) mass is 436 g/mol. The van der Waals surface area contributed by atoms with E-state index < -0.39 is 0 Å². The Bertz CT molecular complexity index is 981. The van der Waals surface area contributed by atoms with Crippen molar-refractivity contribution in [3.05, 3.63) is 88.1 Å². The van der Waals surface area contributed by atoms with E-state index in [1.54, 1.807) is 23.1 Å². The number of nitrogens with one attached hydrogen (secondary N) is 1. The summed E-state index contributed by atoms with van der Waals surface area (Å²) >= 11 is 3.45. The second-order valence-electron chi connectivity index (χ2n) is 7.27. The molecule has 1 aliphatic heterocycles. The van der Waals surface area contributed by atoms with Crippen LogP contribution in [0.3, 0.4) is 0 Å². The van der Waals surface area contributed by atoms with Crippen LogP contribution < -0.4 is 5.32 Å². The molecule has 154 valence electrons. The van der Waals surface area contributed by atoms with Crippen molar-refractivity contribution in [2.45, 2.75) is 29.5 Å². The van der Waals surface area contributed by atoms with Gasteiger partial charge in [-0.15, -0.1) is 23.1 Å². The molecule has 6 heteroatoms. The zero-order valence-electron chi connectivity index (χ0n) is 16.6. The molecule has 30 heavy (non-hydrogen) atoms. The zero-order valence-corrected chi connectivity index (χ0v) is 18.3. The van der Waals surface area contributed by atoms with Gasteiger partial charge in [-0.3, -0.25) is 9.59 Å². The lowest BCUT2D eigenvalue weighted by atomic mass is 10.0. The molecule has 2 amide bonds. The molecule has 1 saturated heterocycles. The van der Waals surface area contributed by atoms with Gasteiger partial charge < -0.3 is 10.2 Å². The molecular formula is C24H24N2O2S2. The van der Waals surface area contributed by atoms with Gasteiger partial charge in [0.2, 0.25) is 0 Å². The van der Waals surface area contributed by atoms with E-state index in [2.05, 4.69) is 22.8 Å². The Hall–Kier alpha value is -2.57. The summed E-state index contributed by atoms with van der Waals surface area (Å²) in [6.07, 6.45) is 1.55. The molecule has 1 aliphatic rings. The minimum Gasteiger partial charge on any atom is -0.349 e. The van der Waals surface area contributed by atoms with E-state index in [1.165, 1.54) is 4.88 Å². The highest BCUT2D eigenvalue weighted by atomic mass is 32.2. The van der Waals surface area contributed by atoms with Crippen LogP contribution in [0.25, 0.3) is 0 Å². The maximum absolute atomic E-state index is 13.2. The van der Waals surface area contributed by atoms with Crippen LogP contribution in [0, 0.1) is 0 Å². The summed E-state index contributed by atoms with van der Waals surface area (Å²) in [5.41, 5.74) is 1.44. The van der Waals surface area contributed by atoms with Gasteiger partial charge in [0.05, 0.1) is 5.56 Å². The Kier molecular flexibility index (Phi) is 6.87. The van der Waals surface area contributed by atoms with Gasteiger partial charge in [-0.25, -0.2) is 0 Å². The largest absolute Gasteiger partial charge is 0.349 e. The highest BCUT2D eigenvalue weighted by Gasteiger charge is 2.26. The van der Waals surface area contributed by atoms with Gasteiger partial charge >= 0.3 is 0 Å². The number of nitrogens with zero attached hydrogens (tertiary/aromatic N) is 1. The van der Waals surface area contributed by atoms with Gasteiger partial charge in [-0.2, -0.15) is 0 Å². The lowest BCUT2D eigenvalue weighted by Crippen LogP contribution is -2.46. The minimum absolute atomic E-state index is 0.0456. The predicted molar refractivity (Wildman–Crippen MR) is 123 cm³/mol. The molecule has 1 fully saturated rings. The van der Waals surface area contributed by atoms with Crippen molar-refractivity contribution >= 4 is 34.9 Å². The first-order valence-corrected chi connectivity index (χ1v) is 12.0. The lowest BCUT2D eigenvalue weighted by Gasteiger charge is -2.32. The van der Waals surface area contributed by atoms with E-state index in [0.29, 0.717) is 18.7 Å². The number of carbonyl (C=O) groups excluding carboxylic acids is 2. The number of amides is 2. The molecule has 2 heterocycles. The first-order chi connectivity index (χ1) is 14.7. The number of piperidine rings is 1. The quantitative estimate of drug-likeness (QED) is 0.549. The number of hydrogen-bond donors (Lipinski definition) is 1. The molecule has 0 unspecified atom stereocenters. The second-order valence-corrected chi connectivity index (χ2v) is 9.32. The maximum Gasteiger partial charge on any atom is 0.254 e. The fraction of sp³-hybridized carbons (Fsp3) is 0.250. The number of rotatable bonds is 6. The van der Waals surface area contributed by atoms with Gasteiger partial charge in [0.1, 0.15) is 0 Å². The molecule has 1 aromatic heterocycles. The topological polar surface area (TPSA) is 49.4 Å². The molecule has 0 radical (unpaired) electrons. The molecule has 0 spiro atoms. The van der Waals surface area contributed by atoms with Gasteiger partial charge in [0.15, 0.2) is 0 Å². The van der Waals surface area contributed by atoms with Crippen LogP contribution in [0.1, 0.15) is 38.4 Å². The van der Waals surface area contributed by atoms with Crippen molar-refractivity contribution in [2.75, 3.05) is 13.1 Å². The fourth-order valence-electron chi connectivity index (χ4n) is 3.57. The zero-order chi connectivity index (χ0) is 20.8. The lowest BCUT2D eigenvalue weighted by molar-refractivity contribution is 0.0694. The Morgan fingerprint density at radius 2 is 1.70 bits per heavy atom. The van der Waals surface area contributed by atoms with Crippen molar-refractivity contribution in [1.29, 1.82) is 0 Å². The molecule has 0 aliphatic carbocycles. The van der Waals surface area contributed by atoms with Gasteiger partial charge in [-0.05, 0) is 48.6 Å². The summed E-state index contributed by atoms with van der Waals surface area (Å²) in [7, 11) is 0. The summed E-state index contributed by atoms with van der Waals surface area (Å²) in [5.74, 6) is 0.906. The highest BCUT2D eigenvalue weighted by molar-refractivity contribution is 7.98. The van der Waals surface area contributed by atoms with E-state index >= 15 is 0 Å². The Morgan fingerprint density at radius 1 is 0.967 bits per heavy atom. The molecule has 4 rings (SSSR count). The first-order valence-electron chi connectivity index (χ1n) is 10.1. The summed E-state index contributed by atoms with van der Waals surface area (Å²) in [4.78, 5) is 29.8. The van der Waals surface area contributed by atoms with E-state index in [9.17, 15) is 9.59 Å². The van der Waals surface area contributed by atoms with E-state index in [-0.39, 0.29) is 17.9 Å². The average Bonchev–Trinajstić information content (AvgIpc) is 3.32. The van der Waals surface area contributed by atoms with Crippen LogP contribution in [0.2, 0.25) is 0 Å². The normalized spacial score (nSPS) is 14.5. The van der Waals surface area contributed by atoms with E-state index in [1.807, 2.05) is 59.5 Å². The van der Waals surface area contributed by atoms with Crippen LogP contribution >= 0.6 is 23.1 Å². The van der Waals surface area contributed by atoms with Crippen molar-refractivity contribution in [3.63, 3.8) is 0 Å². The van der Waals surface area contributed by atoms with Crippen molar-refractivity contribution in [2.24, 2.45) is 0 Å². The summed E-state index contributed by atoms with van der Waals surface area (Å²) in [5, 5.41) is 5.18. The number of thioether (sulfide) groups is 1.